The van der Waals surface area contributed by atoms with Crippen molar-refractivity contribution < 1.29 is 0 Å². The summed E-state index contributed by atoms with van der Waals surface area (Å²) in [5.74, 6) is 0. The Labute approximate surface area is 351 Å². The Bertz CT molecular complexity index is 2970. The van der Waals surface area contributed by atoms with Crippen LogP contribution in [0.2, 0.25) is 0 Å². The van der Waals surface area contributed by atoms with Crippen molar-refractivity contribution in [1.82, 2.24) is 0 Å². The molecule has 0 saturated carbocycles. The molecule has 0 aliphatic rings. The lowest BCUT2D eigenvalue weighted by Crippen LogP contribution is -1.95. The molecule has 9 aromatic rings. The van der Waals surface area contributed by atoms with Crippen LogP contribution in [0, 0.1) is 20.8 Å². The minimum atomic E-state index is 0. The lowest BCUT2D eigenvalue weighted by molar-refractivity contribution is 1.39. The van der Waals surface area contributed by atoms with Gasteiger partial charge >= 0.3 is 0 Å². The molecule has 0 heteroatoms. The second-order valence-electron chi connectivity index (χ2n) is 14.6. The molecule has 0 atom stereocenters. The summed E-state index contributed by atoms with van der Waals surface area (Å²) < 4.78 is 0. The topological polar surface area (TPSA) is 0 Å². The lowest BCUT2D eigenvalue weighted by atomic mass is 9.87. The number of hydrogen-bond acceptors (Lipinski definition) is 0. The summed E-state index contributed by atoms with van der Waals surface area (Å²) in [6.07, 6.45) is 6.22. The fourth-order valence-electron chi connectivity index (χ4n) is 8.26. The number of allylic oxidation sites excluding steroid dienone is 3. The van der Waals surface area contributed by atoms with Crippen molar-refractivity contribution in [2.24, 2.45) is 0 Å². The van der Waals surface area contributed by atoms with Gasteiger partial charge in [0.15, 0.2) is 0 Å². The summed E-state index contributed by atoms with van der Waals surface area (Å²) in [7, 11) is 0. The Hall–Kier alpha value is -7.02. The largest absolute Gasteiger partial charge is 0.106 e. The third-order valence-corrected chi connectivity index (χ3v) is 11.1. The van der Waals surface area contributed by atoms with Gasteiger partial charge in [0.05, 0.1) is 0 Å². The Balaban J connectivity index is 0.000000271. The average molecular weight is 763 g/mol. The van der Waals surface area contributed by atoms with Crippen LogP contribution in [0.1, 0.15) is 53.3 Å². The van der Waals surface area contributed by atoms with Crippen molar-refractivity contribution in [1.29, 1.82) is 0 Å². The molecule has 0 spiro atoms. The molecule has 0 amide bonds. The van der Waals surface area contributed by atoms with Gasteiger partial charge < -0.3 is 0 Å². The van der Waals surface area contributed by atoms with Gasteiger partial charge in [0, 0.05) is 0 Å². The zero-order valence-corrected chi connectivity index (χ0v) is 34.1. The fraction of sp³-hybridized carbons (Fsp3) is 0.0847. The van der Waals surface area contributed by atoms with E-state index in [1.165, 1.54) is 104 Å². The van der Waals surface area contributed by atoms with E-state index in [2.05, 4.69) is 236 Å². The molecule has 0 nitrogen and oxygen atoms in total. The van der Waals surface area contributed by atoms with E-state index in [0.29, 0.717) is 0 Å². The van der Waals surface area contributed by atoms with E-state index in [-0.39, 0.29) is 7.43 Å². The maximum Gasteiger partial charge on any atom is -0.00988 e. The molecule has 0 radical (unpaired) electrons. The van der Waals surface area contributed by atoms with Crippen molar-refractivity contribution in [2.75, 3.05) is 0 Å². The molecule has 9 rings (SSSR count). The monoisotopic (exact) mass is 762 g/mol. The van der Waals surface area contributed by atoms with Crippen LogP contribution >= 0.6 is 0 Å². The fourth-order valence-corrected chi connectivity index (χ4v) is 8.26. The zero-order valence-electron chi connectivity index (χ0n) is 34.1. The van der Waals surface area contributed by atoms with Gasteiger partial charge in [0.2, 0.25) is 0 Å². The second-order valence-corrected chi connectivity index (χ2v) is 14.6. The van der Waals surface area contributed by atoms with Gasteiger partial charge in [-0.1, -0.05) is 196 Å². The van der Waals surface area contributed by atoms with Crippen molar-refractivity contribution >= 4 is 54.2 Å². The normalized spacial score (nSPS) is 11.3. The van der Waals surface area contributed by atoms with Gasteiger partial charge in [-0.2, -0.15) is 0 Å². The molecule has 0 aliphatic heterocycles. The molecule has 59 heavy (non-hydrogen) atoms. The molecular formula is C59H54. The molecule has 0 N–H and O–H groups in total. The van der Waals surface area contributed by atoms with Gasteiger partial charge in [-0.15, -0.1) is 13.2 Å². The first kappa shape index (κ1) is 41.6. The maximum absolute atomic E-state index is 3.97. The summed E-state index contributed by atoms with van der Waals surface area (Å²) >= 11 is 0. The highest BCUT2D eigenvalue weighted by atomic mass is 14.2. The summed E-state index contributed by atoms with van der Waals surface area (Å²) in [4.78, 5) is 0. The minimum absolute atomic E-state index is 0. The van der Waals surface area contributed by atoms with Crippen LogP contribution in [-0.4, -0.2) is 0 Å². The van der Waals surface area contributed by atoms with Gasteiger partial charge in [0.25, 0.3) is 0 Å². The summed E-state index contributed by atoms with van der Waals surface area (Å²) in [5, 5.41) is 10.5. The Morgan fingerprint density at radius 2 is 0.898 bits per heavy atom. The third kappa shape index (κ3) is 8.50. The molecule has 0 saturated heterocycles. The minimum Gasteiger partial charge on any atom is -0.106 e. The van der Waals surface area contributed by atoms with Crippen LogP contribution < -0.4 is 0 Å². The van der Waals surface area contributed by atoms with Crippen LogP contribution in [0.3, 0.4) is 0 Å². The van der Waals surface area contributed by atoms with E-state index in [9.17, 15) is 0 Å². The molecule has 9 aromatic carbocycles. The smallest absolute Gasteiger partial charge is 0.00988 e. The van der Waals surface area contributed by atoms with E-state index in [4.69, 9.17) is 0 Å². The van der Waals surface area contributed by atoms with Crippen LogP contribution in [0.25, 0.3) is 65.4 Å². The number of benzene rings is 9. The van der Waals surface area contributed by atoms with Crippen LogP contribution in [-0.2, 0) is 0 Å². The van der Waals surface area contributed by atoms with Crippen molar-refractivity contribution in [3.8, 4) is 11.1 Å². The van der Waals surface area contributed by atoms with Gasteiger partial charge in [-0.25, -0.2) is 0 Å². The molecular weight excluding hydrogens is 709 g/mol. The third-order valence-electron chi connectivity index (χ3n) is 11.1. The number of fused-ring (bicyclic) bond motifs is 6. The first-order valence-corrected chi connectivity index (χ1v) is 20.0. The Morgan fingerprint density at radius 3 is 1.49 bits per heavy atom. The standard InChI is InChI=1S/C41H34.C15H12.C2H4.CH4/c1-5-13-36(35-16-9-7-14-28(35)3)31-24-22-30(23-25-31)34(6-2)40-26-33(21-20-29(40)4)41-27-32-15-8-10-17-37(32)38-18-11-12-19-39(38)41;1-11-10-12-6-2-3-8-14(12)15-9-5-4-7-13(11)15;1-2;/h5-27H,1H2,2-4H3;2-10H,1H3;1-2H2;1H4/b34-6-,36-13-;;;. The SMILES string of the molecule is C.C=C.C=C/C=C(/c1ccc(/C(=C/C)c2cc(-c3cc4ccccc4c4ccccc34)ccc2C)cc1)c1ccccc1C.Cc1cc2ccccc2c2ccccc12. The zero-order chi connectivity index (χ0) is 40.6. The predicted octanol–water partition coefficient (Wildman–Crippen LogP) is 17.1. The second kappa shape index (κ2) is 18.9. The number of rotatable bonds is 6. The molecule has 290 valence electrons. The van der Waals surface area contributed by atoms with Crippen molar-refractivity contribution in [3.63, 3.8) is 0 Å². The average Bonchev–Trinajstić information content (AvgIpc) is 3.28. The highest BCUT2D eigenvalue weighted by Gasteiger charge is 2.14. The van der Waals surface area contributed by atoms with Crippen molar-refractivity contribution in [3.05, 3.63) is 253 Å². The highest BCUT2D eigenvalue weighted by molar-refractivity contribution is 6.14. The highest BCUT2D eigenvalue weighted by Crippen LogP contribution is 2.38. The first-order valence-electron chi connectivity index (χ1n) is 20.0. The van der Waals surface area contributed by atoms with Crippen LogP contribution in [0.15, 0.2) is 214 Å². The Kier molecular flexibility index (Phi) is 13.4. The molecule has 0 aromatic heterocycles. The quantitative estimate of drug-likeness (QED) is 0.0899. The van der Waals surface area contributed by atoms with Crippen LogP contribution in [0.4, 0.5) is 0 Å². The van der Waals surface area contributed by atoms with E-state index >= 15 is 0 Å². The van der Waals surface area contributed by atoms with Gasteiger partial charge in [-0.05, 0) is 144 Å². The number of hydrogen-bond donors (Lipinski definition) is 0. The molecule has 0 bridgehead atoms. The van der Waals surface area contributed by atoms with E-state index in [1.807, 2.05) is 6.08 Å². The predicted molar refractivity (Wildman–Crippen MR) is 263 cm³/mol. The first-order chi connectivity index (χ1) is 28.4. The van der Waals surface area contributed by atoms with E-state index in [1.54, 1.807) is 0 Å². The van der Waals surface area contributed by atoms with Crippen LogP contribution in [0.5, 0.6) is 0 Å². The maximum atomic E-state index is 3.97. The van der Waals surface area contributed by atoms with E-state index in [0.717, 1.165) is 0 Å². The summed E-state index contributed by atoms with van der Waals surface area (Å²) in [6.45, 7) is 18.7. The molecule has 0 aliphatic carbocycles. The number of aryl methyl sites for hydroxylation is 3. The Morgan fingerprint density at radius 1 is 0.424 bits per heavy atom. The molecule has 0 unspecified atom stereocenters. The van der Waals surface area contributed by atoms with Crippen molar-refractivity contribution in [2.45, 2.75) is 35.1 Å². The lowest BCUT2D eigenvalue weighted by Gasteiger charge is -2.16. The molecule has 0 fully saturated rings. The van der Waals surface area contributed by atoms with E-state index < -0.39 is 0 Å². The van der Waals surface area contributed by atoms with Gasteiger partial charge in [-0.3, -0.25) is 0 Å². The van der Waals surface area contributed by atoms with Gasteiger partial charge in [0.1, 0.15) is 0 Å². The molecule has 0 heterocycles. The summed E-state index contributed by atoms with van der Waals surface area (Å²) in [5.41, 5.74) is 13.7. The summed E-state index contributed by atoms with van der Waals surface area (Å²) in [6, 6.07) is 63.6.